The molecular weight excluding hydrogens is 286 g/mol. The molecule has 0 heterocycles. The fourth-order valence-electron chi connectivity index (χ4n) is 1.76. The minimum Gasteiger partial charge on any atom is -0.397 e. The van der Waals surface area contributed by atoms with Crippen molar-refractivity contribution in [2.75, 3.05) is 25.4 Å². The summed E-state index contributed by atoms with van der Waals surface area (Å²) in [6.45, 7) is 2.22. The summed E-state index contributed by atoms with van der Waals surface area (Å²) in [5.74, 6) is -0.482. The second kappa shape index (κ2) is 7.06. The molecule has 0 aromatic heterocycles. The zero-order chi connectivity index (χ0) is 15.3. The number of nitrogens with zero attached hydrogens (tertiary/aromatic N) is 2. The van der Waals surface area contributed by atoms with Gasteiger partial charge in [0.2, 0.25) is 0 Å². The van der Waals surface area contributed by atoms with E-state index in [-0.39, 0.29) is 35.1 Å². The van der Waals surface area contributed by atoms with Crippen LogP contribution < -0.4 is 5.73 Å². The number of aliphatic hydroxyl groups excluding tert-OH is 1. The van der Waals surface area contributed by atoms with Crippen molar-refractivity contribution in [1.82, 2.24) is 4.90 Å². The molecule has 8 heteroatoms. The van der Waals surface area contributed by atoms with Crippen LogP contribution >= 0.6 is 11.6 Å². The Morgan fingerprint density at radius 1 is 1.50 bits per heavy atom. The van der Waals surface area contributed by atoms with Crippen LogP contribution in [0.4, 0.5) is 11.4 Å². The Balaban J connectivity index is 3.22. The molecule has 1 aromatic carbocycles. The van der Waals surface area contributed by atoms with Crippen LogP contribution in [0.15, 0.2) is 12.1 Å². The molecule has 0 radical (unpaired) electrons. The van der Waals surface area contributed by atoms with Crippen molar-refractivity contribution in [3.63, 3.8) is 0 Å². The van der Waals surface area contributed by atoms with Crippen LogP contribution in [0, 0.1) is 10.1 Å². The molecule has 1 rings (SSSR count). The van der Waals surface area contributed by atoms with E-state index in [0.717, 1.165) is 12.1 Å². The van der Waals surface area contributed by atoms with Crippen LogP contribution in [0.25, 0.3) is 0 Å². The third-order valence-corrected chi connectivity index (χ3v) is 3.02. The number of nitro benzene ring substituents is 1. The summed E-state index contributed by atoms with van der Waals surface area (Å²) in [5.41, 5.74) is 5.40. The summed E-state index contributed by atoms with van der Waals surface area (Å²) < 4.78 is 0. The van der Waals surface area contributed by atoms with Gasteiger partial charge < -0.3 is 15.7 Å². The van der Waals surface area contributed by atoms with Crippen LogP contribution in [-0.2, 0) is 0 Å². The Kier molecular flexibility index (Phi) is 5.72. The zero-order valence-corrected chi connectivity index (χ0v) is 11.8. The molecule has 0 unspecified atom stereocenters. The van der Waals surface area contributed by atoms with Gasteiger partial charge in [0.05, 0.1) is 27.8 Å². The van der Waals surface area contributed by atoms with Gasteiger partial charge in [0.25, 0.3) is 11.6 Å². The van der Waals surface area contributed by atoms with E-state index in [2.05, 4.69) is 0 Å². The Morgan fingerprint density at radius 2 is 2.15 bits per heavy atom. The molecule has 0 saturated heterocycles. The quantitative estimate of drug-likeness (QED) is 0.472. The molecule has 0 bridgehead atoms. The van der Waals surface area contributed by atoms with E-state index in [4.69, 9.17) is 22.4 Å². The monoisotopic (exact) mass is 301 g/mol. The SMILES string of the molecule is CCCN(CCO)C(=O)c1cc([N+](=O)[O-])cc(Cl)c1N. The summed E-state index contributed by atoms with van der Waals surface area (Å²) >= 11 is 5.82. The first-order valence-electron chi connectivity index (χ1n) is 6.05. The third kappa shape index (κ3) is 3.58. The molecule has 0 aliphatic rings. The molecule has 0 aliphatic carbocycles. The van der Waals surface area contributed by atoms with Gasteiger partial charge in [0.15, 0.2) is 0 Å². The normalized spacial score (nSPS) is 10.3. The molecule has 110 valence electrons. The number of hydrogen-bond acceptors (Lipinski definition) is 5. The number of halogens is 1. The minimum absolute atomic E-state index is 0.00121. The molecule has 7 nitrogen and oxygen atoms in total. The molecule has 1 aromatic rings. The molecule has 3 N–H and O–H groups in total. The second-order valence-electron chi connectivity index (χ2n) is 4.16. The fraction of sp³-hybridized carbons (Fsp3) is 0.417. The number of amides is 1. The number of carbonyl (C=O) groups is 1. The van der Waals surface area contributed by atoms with Crippen molar-refractivity contribution in [2.45, 2.75) is 13.3 Å². The lowest BCUT2D eigenvalue weighted by Gasteiger charge is -2.22. The predicted octanol–water partition coefficient (Wildman–Crippen LogP) is 1.67. The van der Waals surface area contributed by atoms with Crippen molar-refractivity contribution in [1.29, 1.82) is 0 Å². The van der Waals surface area contributed by atoms with Crippen molar-refractivity contribution < 1.29 is 14.8 Å². The van der Waals surface area contributed by atoms with E-state index in [9.17, 15) is 14.9 Å². The highest BCUT2D eigenvalue weighted by Crippen LogP contribution is 2.29. The van der Waals surface area contributed by atoms with Crippen LogP contribution in [0.5, 0.6) is 0 Å². The number of non-ortho nitro benzene ring substituents is 1. The maximum atomic E-state index is 12.3. The van der Waals surface area contributed by atoms with E-state index in [1.165, 1.54) is 4.90 Å². The molecule has 1 amide bonds. The highest BCUT2D eigenvalue weighted by molar-refractivity contribution is 6.34. The van der Waals surface area contributed by atoms with Gasteiger partial charge in [-0.25, -0.2) is 0 Å². The highest BCUT2D eigenvalue weighted by atomic mass is 35.5. The van der Waals surface area contributed by atoms with Crippen LogP contribution in [-0.4, -0.2) is 40.5 Å². The molecule has 0 saturated carbocycles. The largest absolute Gasteiger partial charge is 0.397 e. The standard InChI is InChI=1S/C12H16ClN3O4/c1-2-3-15(4-5-17)12(18)9-6-8(16(19)20)7-10(13)11(9)14/h6-7,17H,2-5,14H2,1H3. The first-order chi connectivity index (χ1) is 9.42. The molecule has 20 heavy (non-hydrogen) atoms. The lowest BCUT2D eigenvalue weighted by molar-refractivity contribution is -0.384. The average Bonchev–Trinajstić information content (AvgIpc) is 2.40. The van der Waals surface area contributed by atoms with E-state index >= 15 is 0 Å². The van der Waals surface area contributed by atoms with E-state index in [1.807, 2.05) is 6.92 Å². The summed E-state index contributed by atoms with van der Waals surface area (Å²) in [5, 5.41) is 19.7. The Hall–Kier alpha value is -1.86. The van der Waals surface area contributed by atoms with Crippen molar-refractivity contribution in [3.05, 3.63) is 32.8 Å². The number of hydrogen-bond donors (Lipinski definition) is 2. The van der Waals surface area contributed by atoms with Crippen molar-refractivity contribution >= 4 is 28.9 Å². The lowest BCUT2D eigenvalue weighted by atomic mass is 10.1. The number of nitrogen functional groups attached to an aromatic ring is 1. The fourth-order valence-corrected chi connectivity index (χ4v) is 1.98. The maximum absolute atomic E-state index is 12.3. The van der Waals surface area contributed by atoms with Crippen LogP contribution in [0.1, 0.15) is 23.7 Å². The topological polar surface area (TPSA) is 110 Å². The number of anilines is 1. The summed E-state index contributed by atoms with van der Waals surface area (Å²) in [6.07, 6.45) is 0.689. The van der Waals surface area contributed by atoms with Gasteiger partial charge in [0.1, 0.15) is 0 Å². The van der Waals surface area contributed by atoms with Crippen molar-refractivity contribution in [3.8, 4) is 0 Å². The molecule has 0 aliphatic heterocycles. The van der Waals surface area contributed by atoms with Gasteiger partial charge in [0, 0.05) is 25.2 Å². The number of carbonyl (C=O) groups excluding carboxylic acids is 1. The second-order valence-corrected chi connectivity index (χ2v) is 4.57. The van der Waals surface area contributed by atoms with E-state index in [0.29, 0.717) is 13.0 Å². The van der Waals surface area contributed by atoms with Gasteiger partial charge >= 0.3 is 0 Å². The predicted molar refractivity (Wildman–Crippen MR) is 75.8 cm³/mol. The number of benzene rings is 1. The number of nitro groups is 1. The highest BCUT2D eigenvalue weighted by Gasteiger charge is 2.22. The first kappa shape index (κ1) is 16.2. The average molecular weight is 302 g/mol. The Morgan fingerprint density at radius 3 is 2.65 bits per heavy atom. The van der Waals surface area contributed by atoms with E-state index in [1.54, 1.807) is 0 Å². The minimum atomic E-state index is -0.641. The zero-order valence-electron chi connectivity index (χ0n) is 11.0. The molecule has 0 spiro atoms. The van der Waals surface area contributed by atoms with E-state index < -0.39 is 10.8 Å². The Bertz CT molecular complexity index is 516. The molecular formula is C12H16ClN3O4. The lowest BCUT2D eigenvalue weighted by Crippen LogP contribution is -2.34. The maximum Gasteiger partial charge on any atom is 0.271 e. The Labute approximate surface area is 121 Å². The van der Waals surface area contributed by atoms with Gasteiger partial charge in [-0.3, -0.25) is 14.9 Å². The van der Waals surface area contributed by atoms with Gasteiger partial charge in [-0.2, -0.15) is 0 Å². The number of aliphatic hydroxyl groups is 1. The van der Waals surface area contributed by atoms with Crippen LogP contribution in [0.2, 0.25) is 5.02 Å². The molecule has 0 atom stereocenters. The third-order valence-electron chi connectivity index (χ3n) is 2.71. The smallest absolute Gasteiger partial charge is 0.271 e. The van der Waals surface area contributed by atoms with Gasteiger partial charge in [-0.1, -0.05) is 18.5 Å². The van der Waals surface area contributed by atoms with Gasteiger partial charge in [-0.05, 0) is 6.42 Å². The van der Waals surface area contributed by atoms with Crippen molar-refractivity contribution in [2.24, 2.45) is 0 Å². The van der Waals surface area contributed by atoms with Crippen LogP contribution in [0.3, 0.4) is 0 Å². The number of nitrogens with two attached hydrogens (primary N) is 1. The molecule has 0 fully saturated rings. The first-order valence-corrected chi connectivity index (χ1v) is 6.43. The summed E-state index contributed by atoms with van der Waals surface area (Å²) in [4.78, 5) is 23.9. The van der Waals surface area contributed by atoms with Gasteiger partial charge in [-0.15, -0.1) is 0 Å². The summed E-state index contributed by atoms with van der Waals surface area (Å²) in [7, 11) is 0. The number of rotatable bonds is 6. The summed E-state index contributed by atoms with van der Waals surface area (Å²) in [6, 6.07) is 2.20.